The molecule has 0 aliphatic carbocycles. The van der Waals surface area contributed by atoms with E-state index in [2.05, 4.69) is 11.1 Å². The monoisotopic (exact) mass is 289 g/mol. The molecule has 1 heterocycles. The average Bonchev–Trinajstić information content (AvgIpc) is 2.70. The van der Waals surface area contributed by atoms with Gasteiger partial charge in [0, 0.05) is 11.7 Å². The van der Waals surface area contributed by atoms with Crippen molar-refractivity contribution in [2.75, 3.05) is 5.75 Å². The van der Waals surface area contributed by atoms with Gasteiger partial charge in [0.15, 0.2) is 4.34 Å². The van der Waals surface area contributed by atoms with Crippen LogP contribution in [0.2, 0.25) is 0 Å². The molecule has 0 atom stereocenters. The van der Waals surface area contributed by atoms with Gasteiger partial charge in [-0.2, -0.15) is 0 Å². The van der Waals surface area contributed by atoms with Crippen molar-refractivity contribution in [3.8, 4) is 0 Å². The topological polar surface area (TPSA) is 53.0 Å². The van der Waals surface area contributed by atoms with Crippen LogP contribution in [0, 0.1) is 0 Å². The van der Waals surface area contributed by atoms with Gasteiger partial charge < -0.3 is 9.90 Å². The van der Waals surface area contributed by atoms with Gasteiger partial charge in [-0.25, -0.2) is 4.98 Å². The minimum Gasteiger partial charge on any atom is -0.550 e. The number of carboxylic acids is 1. The first kappa shape index (κ1) is 16.0. The van der Waals surface area contributed by atoms with Crippen LogP contribution in [0.3, 0.4) is 0 Å². The van der Waals surface area contributed by atoms with E-state index in [1.54, 1.807) is 23.1 Å². The molecule has 3 nitrogen and oxygen atoms in total. The number of para-hydroxylation sites is 1. The number of carbonyl (C=O) groups excluding carboxylic acids is 1. The van der Waals surface area contributed by atoms with Crippen LogP contribution in [-0.4, -0.2) is 16.7 Å². The van der Waals surface area contributed by atoms with E-state index in [1.807, 2.05) is 18.2 Å². The maximum absolute atomic E-state index is 10.2. The summed E-state index contributed by atoms with van der Waals surface area (Å²) in [5.74, 6) is -0.0532. The summed E-state index contributed by atoms with van der Waals surface area (Å²) < 4.78 is 2.25. The summed E-state index contributed by atoms with van der Waals surface area (Å²) >= 11 is 3.38. The number of fused-ring (bicyclic) bond motifs is 1. The van der Waals surface area contributed by atoms with Crippen molar-refractivity contribution < 1.29 is 39.5 Å². The third-order valence-electron chi connectivity index (χ3n) is 2.28. The normalized spacial score (nSPS) is 10.2. The predicted octanol–water partition coefficient (Wildman–Crippen LogP) is -0.687. The van der Waals surface area contributed by atoms with Gasteiger partial charge in [0.2, 0.25) is 0 Å². The molecule has 0 unspecified atom stereocenters. The molecule has 0 amide bonds. The second-order valence-electron chi connectivity index (χ2n) is 3.63. The van der Waals surface area contributed by atoms with Crippen LogP contribution in [0.1, 0.15) is 19.3 Å². The Morgan fingerprint density at radius 3 is 2.83 bits per heavy atom. The molecule has 0 aliphatic rings. The smallest absolute Gasteiger partial charge is 0.550 e. The van der Waals surface area contributed by atoms with Gasteiger partial charge in [0.25, 0.3) is 0 Å². The molecule has 2 rings (SSSR count). The molecular weight excluding hydrogens is 277 g/mol. The van der Waals surface area contributed by atoms with Crippen LogP contribution in [0.4, 0.5) is 0 Å². The number of unbranched alkanes of at least 4 members (excludes halogenated alkanes) is 1. The second kappa shape index (κ2) is 8.17. The van der Waals surface area contributed by atoms with E-state index in [-0.39, 0.29) is 36.0 Å². The number of thioether (sulfide) groups is 1. The molecule has 0 fully saturated rings. The van der Waals surface area contributed by atoms with Gasteiger partial charge in [-0.3, -0.25) is 0 Å². The number of aromatic nitrogens is 1. The maximum atomic E-state index is 10.2. The van der Waals surface area contributed by atoms with E-state index in [4.69, 9.17) is 0 Å². The fraction of sp³-hybridized carbons (Fsp3) is 0.333. The third-order valence-corrected chi connectivity index (χ3v) is 4.54. The zero-order chi connectivity index (χ0) is 12.1. The number of carbonyl (C=O) groups is 1. The minimum atomic E-state index is -0.963. The van der Waals surface area contributed by atoms with Crippen LogP contribution < -0.4 is 34.7 Å². The summed E-state index contributed by atoms with van der Waals surface area (Å²) in [4.78, 5) is 14.7. The Bertz CT molecular complexity index is 483. The Labute approximate surface area is 136 Å². The molecule has 0 spiro atoms. The first-order valence-electron chi connectivity index (χ1n) is 5.44. The Hall–Kier alpha value is -0.0700. The van der Waals surface area contributed by atoms with Gasteiger partial charge in [0.1, 0.15) is 0 Å². The second-order valence-corrected chi connectivity index (χ2v) is 6.00. The van der Waals surface area contributed by atoms with Crippen molar-refractivity contribution in [1.82, 2.24) is 4.98 Å². The standard InChI is InChI=1S/C12H13NO2S2.Na/c14-11(15)7-3-4-8-16-12-13-9-5-1-2-6-10(9)17-12;/h1-2,5-6H,3-4,7-8H2,(H,14,15);/q;+1/p-1. The van der Waals surface area contributed by atoms with E-state index in [0.717, 1.165) is 22.0 Å². The molecule has 18 heavy (non-hydrogen) atoms. The average molecular weight is 289 g/mol. The molecule has 1 aromatic carbocycles. The Morgan fingerprint density at radius 1 is 1.33 bits per heavy atom. The molecular formula is C12H12NNaO2S2. The van der Waals surface area contributed by atoms with Crippen LogP contribution in [0.15, 0.2) is 28.6 Å². The number of hydrogen-bond donors (Lipinski definition) is 0. The number of benzene rings is 1. The fourth-order valence-electron chi connectivity index (χ4n) is 1.44. The molecule has 90 valence electrons. The number of carboxylic acid groups (broad SMARTS) is 1. The summed E-state index contributed by atoms with van der Waals surface area (Å²) in [7, 11) is 0. The van der Waals surface area contributed by atoms with Gasteiger partial charge in [-0.1, -0.05) is 23.9 Å². The predicted molar refractivity (Wildman–Crippen MR) is 69.2 cm³/mol. The molecule has 0 saturated heterocycles. The van der Waals surface area contributed by atoms with Crippen LogP contribution in [0.25, 0.3) is 10.2 Å². The number of rotatable bonds is 6. The van der Waals surface area contributed by atoms with Crippen molar-refractivity contribution in [2.24, 2.45) is 0 Å². The molecule has 0 bridgehead atoms. The van der Waals surface area contributed by atoms with E-state index < -0.39 is 5.97 Å². The van der Waals surface area contributed by atoms with Crippen molar-refractivity contribution in [3.05, 3.63) is 24.3 Å². The molecule has 2 aromatic rings. The van der Waals surface area contributed by atoms with Crippen LogP contribution in [0.5, 0.6) is 0 Å². The van der Waals surface area contributed by atoms with Gasteiger partial charge in [-0.05, 0) is 31.4 Å². The first-order valence-corrected chi connectivity index (χ1v) is 7.24. The number of thiazole rings is 1. The minimum absolute atomic E-state index is 0. The summed E-state index contributed by atoms with van der Waals surface area (Å²) in [5.41, 5.74) is 1.04. The van der Waals surface area contributed by atoms with Crippen LogP contribution >= 0.6 is 23.1 Å². The number of hydrogen-bond acceptors (Lipinski definition) is 5. The molecule has 0 aliphatic heterocycles. The Balaban J connectivity index is 0.00000162. The number of aliphatic carboxylic acids is 1. The fourth-order valence-corrected chi connectivity index (χ4v) is 3.58. The molecule has 1 aromatic heterocycles. The van der Waals surface area contributed by atoms with E-state index >= 15 is 0 Å². The first-order chi connectivity index (χ1) is 8.25. The molecule has 0 radical (unpaired) electrons. The van der Waals surface area contributed by atoms with Crippen molar-refractivity contribution in [2.45, 2.75) is 23.6 Å². The number of nitrogens with zero attached hydrogens (tertiary/aromatic N) is 1. The summed E-state index contributed by atoms with van der Waals surface area (Å²) in [6.45, 7) is 0. The Morgan fingerprint density at radius 2 is 2.11 bits per heavy atom. The summed E-state index contributed by atoms with van der Waals surface area (Å²) in [6.07, 6.45) is 1.72. The molecule has 6 heteroatoms. The summed E-state index contributed by atoms with van der Waals surface area (Å²) in [6, 6.07) is 8.06. The third kappa shape index (κ3) is 4.90. The maximum Gasteiger partial charge on any atom is 1.00 e. The van der Waals surface area contributed by atoms with E-state index in [9.17, 15) is 9.90 Å². The summed E-state index contributed by atoms with van der Waals surface area (Å²) in [5, 5.41) is 10.2. The van der Waals surface area contributed by atoms with Crippen LogP contribution in [-0.2, 0) is 4.79 Å². The van der Waals surface area contributed by atoms with Gasteiger partial charge in [-0.15, -0.1) is 11.3 Å². The van der Waals surface area contributed by atoms with E-state index in [1.165, 1.54) is 4.70 Å². The molecule has 0 saturated carbocycles. The van der Waals surface area contributed by atoms with Gasteiger partial charge in [0.05, 0.1) is 10.2 Å². The van der Waals surface area contributed by atoms with Gasteiger partial charge >= 0.3 is 29.6 Å². The van der Waals surface area contributed by atoms with E-state index in [0.29, 0.717) is 6.42 Å². The SMILES string of the molecule is O=C([O-])CCCCSc1nc2ccccc2s1.[Na+]. The zero-order valence-corrected chi connectivity index (χ0v) is 13.9. The van der Waals surface area contributed by atoms with Crippen molar-refractivity contribution in [1.29, 1.82) is 0 Å². The van der Waals surface area contributed by atoms with Crippen molar-refractivity contribution >= 4 is 39.3 Å². The zero-order valence-electron chi connectivity index (χ0n) is 10.2. The Kier molecular flexibility index (Phi) is 7.26. The quantitative estimate of drug-likeness (QED) is 0.401. The van der Waals surface area contributed by atoms with Crippen molar-refractivity contribution in [3.63, 3.8) is 0 Å². The molecule has 0 N–H and O–H groups in total. The largest absolute Gasteiger partial charge is 1.00 e.